The number of nitrogens with zero attached hydrogens (tertiary/aromatic N) is 6. The first-order chi connectivity index (χ1) is 15.1. The summed E-state index contributed by atoms with van der Waals surface area (Å²) in [6, 6.07) is 7.71. The van der Waals surface area contributed by atoms with Gasteiger partial charge in [-0.05, 0) is 55.6 Å². The second kappa shape index (κ2) is 8.35. The van der Waals surface area contributed by atoms with Crippen molar-refractivity contribution in [3.8, 4) is 11.3 Å². The maximum absolute atomic E-state index is 12.9. The number of fused-ring (bicyclic) bond motifs is 1. The van der Waals surface area contributed by atoms with Crippen LogP contribution in [0.15, 0.2) is 55.2 Å². The topological polar surface area (TPSA) is 76.8 Å². The lowest BCUT2D eigenvalue weighted by Gasteiger charge is -2.14. The minimum absolute atomic E-state index is 0.0541. The molecule has 0 N–H and O–H groups in total. The summed E-state index contributed by atoms with van der Waals surface area (Å²) < 4.78 is 1.75. The molecule has 4 aromatic heterocycles. The SMILES string of the molecule is Cn1cc(-c2cc3cc(CC(=O)c4ccnc(CN5CCCC5)c4)ncc3cn2)cn1. The van der Waals surface area contributed by atoms with Crippen LogP contribution in [0, 0.1) is 0 Å². The molecule has 1 aliphatic heterocycles. The summed E-state index contributed by atoms with van der Waals surface area (Å²) in [4.78, 5) is 28.8. The Labute approximate surface area is 180 Å². The summed E-state index contributed by atoms with van der Waals surface area (Å²) in [6.07, 6.45) is 11.8. The molecular weight excluding hydrogens is 388 g/mol. The predicted octanol–water partition coefficient (Wildman–Crippen LogP) is 3.45. The Bertz CT molecular complexity index is 1240. The Morgan fingerprint density at radius 2 is 1.81 bits per heavy atom. The summed E-state index contributed by atoms with van der Waals surface area (Å²) in [6.45, 7) is 3.02. The molecule has 156 valence electrons. The van der Waals surface area contributed by atoms with Crippen molar-refractivity contribution in [1.82, 2.24) is 29.6 Å². The third kappa shape index (κ3) is 4.36. The summed E-state index contributed by atoms with van der Waals surface area (Å²) in [7, 11) is 1.88. The fourth-order valence-electron chi connectivity index (χ4n) is 4.07. The van der Waals surface area contributed by atoms with Crippen molar-refractivity contribution in [3.05, 3.63) is 72.2 Å². The highest BCUT2D eigenvalue weighted by Gasteiger charge is 2.15. The summed E-state index contributed by atoms with van der Waals surface area (Å²) >= 11 is 0. The van der Waals surface area contributed by atoms with Crippen molar-refractivity contribution in [2.45, 2.75) is 25.8 Å². The lowest BCUT2D eigenvalue weighted by molar-refractivity contribution is 0.0991. The van der Waals surface area contributed by atoms with Gasteiger partial charge in [-0.2, -0.15) is 5.10 Å². The number of carbonyl (C=O) groups excluding carboxylic acids is 1. The normalized spacial score (nSPS) is 14.4. The number of ketones is 1. The molecule has 0 aromatic carbocycles. The largest absolute Gasteiger partial charge is 0.298 e. The number of hydrogen-bond acceptors (Lipinski definition) is 6. The lowest BCUT2D eigenvalue weighted by atomic mass is 10.0. The highest BCUT2D eigenvalue weighted by Crippen LogP contribution is 2.22. The number of hydrogen-bond donors (Lipinski definition) is 0. The molecule has 1 fully saturated rings. The van der Waals surface area contributed by atoms with E-state index in [2.05, 4.69) is 25.0 Å². The van der Waals surface area contributed by atoms with Crippen LogP contribution in [-0.2, 0) is 20.0 Å². The second-order valence-corrected chi connectivity index (χ2v) is 8.11. The Balaban J connectivity index is 1.35. The van der Waals surface area contributed by atoms with Gasteiger partial charge in [-0.15, -0.1) is 0 Å². The second-order valence-electron chi connectivity index (χ2n) is 8.11. The number of aromatic nitrogens is 5. The van der Waals surface area contributed by atoms with Crippen LogP contribution in [0.25, 0.3) is 22.0 Å². The third-order valence-corrected chi connectivity index (χ3v) is 5.72. The molecule has 0 saturated carbocycles. The van der Waals surface area contributed by atoms with Gasteiger partial charge < -0.3 is 0 Å². The van der Waals surface area contributed by atoms with Crippen LogP contribution < -0.4 is 0 Å². The van der Waals surface area contributed by atoms with Gasteiger partial charge in [0.15, 0.2) is 5.78 Å². The van der Waals surface area contributed by atoms with E-state index in [-0.39, 0.29) is 12.2 Å². The lowest BCUT2D eigenvalue weighted by Crippen LogP contribution is -2.19. The summed E-state index contributed by atoms with van der Waals surface area (Å²) in [5, 5.41) is 6.17. The predicted molar refractivity (Wildman–Crippen MR) is 119 cm³/mol. The van der Waals surface area contributed by atoms with Crippen molar-refractivity contribution >= 4 is 16.6 Å². The number of aryl methyl sites for hydroxylation is 1. The smallest absolute Gasteiger partial charge is 0.168 e. The molecule has 0 aliphatic carbocycles. The average Bonchev–Trinajstić information content (AvgIpc) is 3.45. The van der Waals surface area contributed by atoms with Crippen LogP contribution >= 0.6 is 0 Å². The van der Waals surface area contributed by atoms with Crippen LogP contribution in [0.5, 0.6) is 0 Å². The zero-order valence-corrected chi connectivity index (χ0v) is 17.5. The van der Waals surface area contributed by atoms with E-state index in [1.165, 1.54) is 12.8 Å². The first-order valence-electron chi connectivity index (χ1n) is 10.6. The highest BCUT2D eigenvalue weighted by molar-refractivity contribution is 5.97. The average molecular weight is 412 g/mol. The quantitative estimate of drug-likeness (QED) is 0.452. The number of Topliss-reactive ketones (excluding diaryl/α,β-unsaturated/α-hetero) is 1. The molecule has 5 heterocycles. The number of likely N-dealkylation sites (tertiary alicyclic amines) is 1. The van der Waals surface area contributed by atoms with Gasteiger partial charge >= 0.3 is 0 Å². The van der Waals surface area contributed by atoms with E-state index >= 15 is 0 Å². The van der Waals surface area contributed by atoms with Gasteiger partial charge in [0, 0.05) is 60.6 Å². The van der Waals surface area contributed by atoms with Crippen LogP contribution in [0.1, 0.15) is 34.6 Å². The van der Waals surface area contributed by atoms with Crippen molar-refractivity contribution in [1.29, 1.82) is 0 Å². The minimum Gasteiger partial charge on any atom is -0.298 e. The van der Waals surface area contributed by atoms with Crippen LogP contribution in [-0.4, -0.2) is 48.5 Å². The molecule has 31 heavy (non-hydrogen) atoms. The van der Waals surface area contributed by atoms with Gasteiger partial charge in [0.25, 0.3) is 0 Å². The molecule has 0 spiro atoms. The summed E-state index contributed by atoms with van der Waals surface area (Å²) in [5.74, 6) is 0.0541. The van der Waals surface area contributed by atoms with E-state index < -0.39 is 0 Å². The Kier molecular flexibility index (Phi) is 5.26. The fraction of sp³-hybridized carbons (Fsp3) is 0.292. The molecule has 0 bridgehead atoms. The van der Waals surface area contributed by atoms with Crippen LogP contribution in [0.4, 0.5) is 0 Å². The number of rotatable bonds is 6. The maximum atomic E-state index is 12.9. The zero-order valence-electron chi connectivity index (χ0n) is 17.5. The van der Waals surface area contributed by atoms with Gasteiger partial charge in [0.1, 0.15) is 0 Å². The van der Waals surface area contributed by atoms with E-state index in [1.807, 2.05) is 37.6 Å². The molecule has 5 rings (SSSR count). The van der Waals surface area contributed by atoms with Crippen molar-refractivity contribution in [3.63, 3.8) is 0 Å². The van der Waals surface area contributed by atoms with Gasteiger partial charge in [-0.1, -0.05) is 0 Å². The van der Waals surface area contributed by atoms with Crippen LogP contribution in [0.3, 0.4) is 0 Å². The van der Waals surface area contributed by atoms with E-state index in [1.54, 1.807) is 29.3 Å². The first kappa shape index (κ1) is 19.5. The van der Waals surface area contributed by atoms with E-state index in [0.29, 0.717) is 5.56 Å². The monoisotopic (exact) mass is 412 g/mol. The van der Waals surface area contributed by atoms with E-state index in [4.69, 9.17) is 0 Å². The van der Waals surface area contributed by atoms with Gasteiger partial charge in [-0.25, -0.2) is 0 Å². The Morgan fingerprint density at radius 1 is 0.968 bits per heavy atom. The number of pyridine rings is 3. The molecule has 1 saturated heterocycles. The van der Waals surface area contributed by atoms with Gasteiger partial charge in [-0.3, -0.25) is 29.3 Å². The van der Waals surface area contributed by atoms with Crippen LogP contribution in [0.2, 0.25) is 0 Å². The molecule has 0 amide bonds. The molecule has 7 nitrogen and oxygen atoms in total. The number of carbonyl (C=O) groups is 1. The molecular formula is C24H24N6O. The van der Waals surface area contributed by atoms with Gasteiger partial charge in [0.05, 0.1) is 24.0 Å². The van der Waals surface area contributed by atoms with Crippen molar-refractivity contribution in [2.24, 2.45) is 7.05 Å². The first-order valence-corrected chi connectivity index (χ1v) is 10.6. The fourth-order valence-corrected chi connectivity index (χ4v) is 4.07. The van der Waals surface area contributed by atoms with E-state index in [9.17, 15) is 4.79 Å². The zero-order chi connectivity index (χ0) is 21.2. The highest BCUT2D eigenvalue weighted by atomic mass is 16.1. The molecule has 0 radical (unpaired) electrons. The standard InChI is InChI=1S/C24H24N6O/c1-29-15-20(14-28-29)23-10-18-9-21(26-12-19(18)13-27-23)11-24(31)17-4-5-25-22(8-17)16-30-6-2-3-7-30/h4-5,8-10,12-15H,2-3,6-7,11,16H2,1H3. The molecule has 0 unspecified atom stereocenters. The minimum atomic E-state index is 0.0541. The van der Waals surface area contributed by atoms with Gasteiger partial charge in [0.2, 0.25) is 0 Å². The van der Waals surface area contributed by atoms with Crippen molar-refractivity contribution in [2.75, 3.05) is 13.1 Å². The van der Waals surface area contributed by atoms with E-state index in [0.717, 1.165) is 53.1 Å². The molecule has 4 aromatic rings. The maximum Gasteiger partial charge on any atom is 0.168 e. The molecule has 0 atom stereocenters. The third-order valence-electron chi connectivity index (χ3n) is 5.72. The van der Waals surface area contributed by atoms with Crippen molar-refractivity contribution < 1.29 is 4.79 Å². The Morgan fingerprint density at radius 3 is 2.61 bits per heavy atom. The summed E-state index contributed by atoms with van der Waals surface area (Å²) in [5.41, 5.74) is 4.20. The molecule has 7 heteroatoms. The molecule has 1 aliphatic rings. The Hall–Kier alpha value is -3.45.